The number of halogens is 1. The summed E-state index contributed by atoms with van der Waals surface area (Å²) in [6.07, 6.45) is 1.04. The Morgan fingerprint density at radius 1 is 1.32 bits per heavy atom. The van der Waals surface area contributed by atoms with Gasteiger partial charge in [-0.05, 0) is 24.6 Å². The summed E-state index contributed by atoms with van der Waals surface area (Å²) in [6.45, 7) is 3.61. The Hall–Kier alpha value is -0.710. The van der Waals surface area contributed by atoms with Crippen LogP contribution in [0.4, 0.5) is 0 Å². The molecule has 1 N–H and O–H groups in total. The second-order valence-electron chi connectivity index (χ2n) is 4.57. The molecule has 104 valence electrons. The monoisotopic (exact) mass is 298 g/mol. The van der Waals surface area contributed by atoms with E-state index in [1.807, 2.05) is 29.2 Å². The van der Waals surface area contributed by atoms with Crippen LogP contribution in [0.1, 0.15) is 12.0 Å². The van der Waals surface area contributed by atoms with Gasteiger partial charge in [0.05, 0.1) is 5.75 Å². The molecule has 0 radical (unpaired) electrons. The van der Waals surface area contributed by atoms with E-state index in [1.54, 1.807) is 11.8 Å². The van der Waals surface area contributed by atoms with E-state index in [-0.39, 0.29) is 5.91 Å². The molecule has 0 saturated carbocycles. The Balaban J connectivity index is 1.76. The Bertz CT molecular complexity index is 420. The predicted octanol–water partition coefficient (Wildman–Crippen LogP) is 2.40. The fourth-order valence-electron chi connectivity index (χ4n) is 2.05. The van der Waals surface area contributed by atoms with Gasteiger partial charge < -0.3 is 10.2 Å². The quantitative estimate of drug-likeness (QED) is 0.926. The largest absolute Gasteiger partial charge is 0.341 e. The van der Waals surface area contributed by atoms with E-state index in [0.29, 0.717) is 5.75 Å². The number of carbonyl (C=O) groups is 1. The fraction of sp³-hybridized carbons (Fsp3) is 0.500. The van der Waals surface area contributed by atoms with Crippen LogP contribution in [0, 0.1) is 0 Å². The maximum atomic E-state index is 12.1. The molecule has 2 rings (SSSR count). The topological polar surface area (TPSA) is 32.3 Å². The van der Waals surface area contributed by atoms with Crippen LogP contribution in [-0.2, 0) is 10.5 Å². The van der Waals surface area contributed by atoms with Crippen LogP contribution in [0.5, 0.6) is 0 Å². The highest BCUT2D eigenvalue weighted by molar-refractivity contribution is 7.99. The standard InChI is InChI=1S/C14H19ClN2OS/c15-13-5-2-1-4-12(13)10-19-11-14(18)17-8-3-6-16-7-9-17/h1-2,4-5,16H,3,6-11H2. The molecule has 1 aromatic carbocycles. The van der Waals surface area contributed by atoms with Crippen molar-refractivity contribution in [3.63, 3.8) is 0 Å². The second kappa shape index (κ2) is 7.78. The first-order valence-electron chi connectivity index (χ1n) is 6.57. The molecule has 1 aliphatic heterocycles. The Morgan fingerprint density at radius 2 is 2.16 bits per heavy atom. The van der Waals surface area contributed by atoms with Gasteiger partial charge in [0.2, 0.25) is 5.91 Å². The number of hydrogen-bond acceptors (Lipinski definition) is 3. The number of rotatable bonds is 4. The zero-order chi connectivity index (χ0) is 13.5. The highest BCUT2D eigenvalue weighted by Gasteiger charge is 2.14. The maximum Gasteiger partial charge on any atom is 0.232 e. The smallest absolute Gasteiger partial charge is 0.232 e. The van der Waals surface area contributed by atoms with E-state index in [1.165, 1.54) is 0 Å². The lowest BCUT2D eigenvalue weighted by molar-refractivity contribution is -0.128. The van der Waals surface area contributed by atoms with Crippen molar-refractivity contribution in [2.24, 2.45) is 0 Å². The van der Waals surface area contributed by atoms with Crippen LogP contribution in [0.15, 0.2) is 24.3 Å². The van der Waals surface area contributed by atoms with E-state index in [9.17, 15) is 4.79 Å². The van der Waals surface area contributed by atoms with Crippen molar-refractivity contribution in [2.45, 2.75) is 12.2 Å². The van der Waals surface area contributed by atoms with E-state index in [0.717, 1.165) is 48.9 Å². The number of nitrogens with one attached hydrogen (secondary N) is 1. The van der Waals surface area contributed by atoms with E-state index in [4.69, 9.17) is 11.6 Å². The molecule has 5 heteroatoms. The molecule has 0 unspecified atom stereocenters. The van der Waals surface area contributed by atoms with Crippen LogP contribution < -0.4 is 5.32 Å². The zero-order valence-electron chi connectivity index (χ0n) is 10.9. The molecule has 1 fully saturated rings. The average Bonchev–Trinajstić information content (AvgIpc) is 2.70. The van der Waals surface area contributed by atoms with Crippen molar-refractivity contribution in [3.8, 4) is 0 Å². The van der Waals surface area contributed by atoms with Crippen LogP contribution >= 0.6 is 23.4 Å². The summed E-state index contributed by atoms with van der Waals surface area (Å²) in [5.41, 5.74) is 1.10. The number of thioether (sulfide) groups is 1. The first kappa shape index (κ1) is 14.7. The molecule has 0 aliphatic carbocycles. The first-order chi connectivity index (χ1) is 9.27. The summed E-state index contributed by atoms with van der Waals surface area (Å²) >= 11 is 7.73. The molecule has 3 nitrogen and oxygen atoms in total. The van der Waals surface area contributed by atoms with Gasteiger partial charge in [-0.2, -0.15) is 0 Å². The van der Waals surface area contributed by atoms with E-state index < -0.39 is 0 Å². The van der Waals surface area contributed by atoms with Crippen LogP contribution in [0.2, 0.25) is 5.02 Å². The first-order valence-corrected chi connectivity index (χ1v) is 8.10. The fourth-order valence-corrected chi connectivity index (χ4v) is 3.26. The normalized spacial score (nSPS) is 16.2. The lowest BCUT2D eigenvalue weighted by Crippen LogP contribution is -2.35. The number of carbonyl (C=O) groups excluding carboxylic acids is 1. The van der Waals surface area contributed by atoms with Crippen molar-refractivity contribution in [1.82, 2.24) is 10.2 Å². The maximum absolute atomic E-state index is 12.1. The van der Waals surface area contributed by atoms with E-state index in [2.05, 4.69) is 5.32 Å². The summed E-state index contributed by atoms with van der Waals surface area (Å²) in [5.74, 6) is 1.56. The summed E-state index contributed by atoms with van der Waals surface area (Å²) in [7, 11) is 0. The molecule has 0 spiro atoms. The predicted molar refractivity (Wildman–Crippen MR) is 81.7 cm³/mol. The molecule has 0 atom stereocenters. The summed E-state index contributed by atoms with van der Waals surface area (Å²) in [5, 5.41) is 4.08. The second-order valence-corrected chi connectivity index (χ2v) is 5.96. The van der Waals surface area contributed by atoms with Gasteiger partial charge in [0.15, 0.2) is 0 Å². The zero-order valence-corrected chi connectivity index (χ0v) is 12.5. The van der Waals surface area contributed by atoms with Crippen molar-refractivity contribution in [1.29, 1.82) is 0 Å². The summed E-state index contributed by atoms with van der Waals surface area (Å²) < 4.78 is 0. The Morgan fingerprint density at radius 3 is 3.00 bits per heavy atom. The molecule has 1 amide bonds. The Labute approximate surface area is 123 Å². The lowest BCUT2D eigenvalue weighted by atomic mass is 10.2. The van der Waals surface area contributed by atoms with Crippen LogP contribution in [-0.4, -0.2) is 42.7 Å². The number of hydrogen-bond donors (Lipinski definition) is 1. The van der Waals surface area contributed by atoms with Gasteiger partial charge in [-0.3, -0.25) is 4.79 Å². The minimum Gasteiger partial charge on any atom is -0.341 e. The Kier molecular flexibility index (Phi) is 6.01. The van der Waals surface area contributed by atoms with Gasteiger partial charge in [0.1, 0.15) is 0 Å². The van der Waals surface area contributed by atoms with Gasteiger partial charge >= 0.3 is 0 Å². The minimum atomic E-state index is 0.237. The third kappa shape index (κ3) is 4.71. The van der Waals surface area contributed by atoms with Crippen molar-refractivity contribution in [3.05, 3.63) is 34.9 Å². The van der Waals surface area contributed by atoms with Crippen molar-refractivity contribution >= 4 is 29.3 Å². The molecule has 1 aromatic rings. The third-order valence-corrected chi connectivity index (χ3v) is 4.47. The van der Waals surface area contributed by atoms with Gasteiger partial charge in [-0.15, -0.1) is 11.8 Å². The van der Waals surface area contributed by atoms with Crippen molar-refractivity contribution < 1.29 is 4.79 Å². The van der Waals surface area contributed by atoms with Gasteiger partial charge in [0.25, 0.3) is 0 Å². The SMILES string of the molecule is O=C(CSCc1ccccc1Cl)N1CCCNCC1. The van der Waals surface area contributed by atoms with Crippen LogP contribution in [0.3, 0.4) is 0 Å². The average molecular weight is 299 g/mol. The summed E-state index contributed by atoms with van der Waals surface area (Å²) in [6, 6.07) is 7.80. The summed E-state index contributed by atoms with van der Waals surface area (Å²) in [4.78, 5) is 14.0. The molecule has 1 heterocycles. The molecule has 0 bridgehead atoms. The lowest BCUT2D eigenvalue weighted by Gasteiger charge is -2.19. The molecule has 19 heavy (non-hydrogen) atoms. The third-order valence-electron chi connectivity index (χ3n) is 3.13. The molecule has 1 saturated heterocycles. The van der Waals surface area contributed by atoms with Gasteiger partial charge in [-0.1, -0.05) is 29.8 Å². The van der Waals surface area contributed by atoms with Crippen molar-refractivity contribution in [2.75, 3.05) is 31.9 Å². The minimum absolute atomic E-state index is 0.237. The van der Waals surface area contributed by atoms with Crippen LogP contribution in [0.25, 0.3) is 0 Å². The van der Waals surface area contributed by atoms with Gasteiger partial charge in [-0.25, -0.2) is 0 Å². The van der Waals surface area contributed by atoms with E-state index >= 15 is 0 Å². The molecule has 0 aromatic heterocycles. The molecule has 1 aliphatic rings. The number of nitrogens with zero attached hydrogens (tertiary/aromatic N) is 1. The molecular weight excluding hydrogens is 280 g/mol. The van der Waals surface area contributed by atoms with Gasteiger partial charge in [0, 0.05) is 30.4 Å². The molecular formula is C14H19ClN2OS. The highest BCUT2D eigenvalue weighted by Crippen LogP contribution is 2.20. The number of benzene rings is 1. The highest BCUT2D eigenvalue weighted by atomic mass is 35.5. The number of amides is 1.